The molecule has 1 atom stereocenters. The van der Waals surface area contributed by atoms with Gasteiger partial charge in [-0.3, -0.25) is 14.0 Å². The minimum absolute atomic E-state index is 0.00741. The Balaban J connectivity index is 1.66. The summed E-state index contributed by atoms with van der Waals surface area (Å²) in [5.74, 6) is 0.846. The first kappa shape index (κ1) is 19.0. The molecule has 0 saturated carbocycles. The van der Waals surface area contributed by atoms with Gasteiger partial charge in [-0.25, -0.2) is 9.78 Å². The highest BCUT2D eigenvalue weighted by molar-refractivity contribution is 5.84. The highest BCUT2D eigenvalue weighted by Crippen LogP contribution is 2.28. The Morgan fingerprint density at radius 1 is 1.14 bits per heavy atom. The molecule has 4 rings (SSSR count). The van der Waals surface area contributed by atoms with E-state index in [4.69, 9.17) is 0 Å². The summed E-state index contributed by atoms with van der Waals surface area (Å²) in [4.78, 5) is 19.4. The summed E-state index contributed by atoms with van der Waals surface area (Å²) in [6.07, 6.45) is 6.46. The molecule has 0 bridgehead atoms. The first-order valence-corrected chi connectivity index (χ1v) is 10.3. The predicted molar refractivity (Wildman–Crippen MR) is 114 cm³/mol. The molecule has 1 aliphatic rings. The first-order valence-electron chi connectivity index (χ1n) is 10.3. The van der Waals surface area contributed by atoms with Crippen LogP contribution in [0.2, 0.25) is 0 Å². The number of likely N-dealkylation sites (tertiary alicyclic amines) is 1. The number of aryl methyl sites for hydroxylation is 3. The van der Waals surface area contributed by atoms with E-state index in [1.54, 1.807) is 9.13 Å². The number of imidazole rings is 2. The van der Waals surface area contributed by atoms with Crippen LogP contribution < -0.4 is 5.69 Å². The lowest BCUT2D eigenvalue weighted by Gasteiger charge is -2.35. The average molecular weight is 382 g/mol. The van der Waals surface area contributed by atoms with Crippen LogP contribution in [-0.2, 0) is 20.6 Å². The van der Waals surface area contributed by atoms with Gasteiger partial charge in [-0.2, -0.15) is 0 Å². The van der Waals surface area contributed by atoms with Gasteiger partial charge in [-0.05, 0) is 63.4 Å². The highest BCUT2D eigenvalue weighted by atomic mass is 16.1. The molecule has 0 radical (unpaired) electrons. The van der Waals surface area contributed by atoms with Gasteiger partial charge in [0, 0.05) is 32.2 Å². The quantitative estimate of drug-likeness (QED) is 0.697. The van der Waals surface area contributed by atoms with Gasteiger partial charge in [0.15, 0.2) is 0 Å². The van der Waals surface area contributed by atoms with Gasteiger partial charge in [-0.15, -0.1) is 0 Å². The van der Waals surface area contributed by atoms with Gasteiger partial charge in [0.25, 0.3) is 0 Å². The van der Waals surface area contributed by atoms with E-state index in [0.29, 0.717) is 6.04 Å². The minimum Gasteiger partial charge on any atom is -0.329 e. The first-order chi connectivity index (χ1) is 13.4. The molecule has 1 aromatic carbocycles. The van der Waals surface area contributed by atoms with E-state index >= 15 is 0 Å². The third kappa shape index (κ3) is 3.20. The largest absolute Gasteiger partial charge is 0.329 e. The summed E-state index contributed by atoms with van der Waals surface area (Å²) in [6, 6.07) is 4.72. The lowest BCUT2D eigenvalue weighted by atomic mass is 9.98. The Kier molecular flexibility index (Phi) is 4.91. The molecular formula is C22H31N5O. The molecule has 6 nitrogen and oxygen atoms in total. The van der Waals surface area contributed by atoms with Crippen molar-refractivity contribution in [2.75, 3.05) is 13.1 Å². The number of nitrogens with zero attached hydrogens (tertiary/aromatic N) is 5. The molecule has 0 unspecified atom stereocenters. The smallest absolute Gasteiger partial charge is 0.328 e. The molecule has 150 valence electrons. The number of hydrogen-bond acceptors (Lipinski definition) is 3. The Bertz CT molecular complexity index is 1050. The van der Waals surface area contributed by atoms with Gasteiger partial charge < -0.3 is 4.57 Å². The SMILES string of the molecule is Cc1cc2c(cc1-c1cncn1C[C@H](C)N1CCC(C)CC1)n(C)c(=O)n2C. The van der Waals surface area contributed by atoms with E-state index in [2.05, 4.69) is 47.4 Å². The molecule has 1 saturated heterocycles. The molecule has 0 aliphatic carbocycles. The fourth-order valence-corrected chi connectivity index (χ4v) is 4.49. The molecule has 3 heterocycles. The second-order valence-electron chi connectivity index (χ2n) is 8.56. The van der Waals surface area contributed by atoms with Crippen LogP contribution in [0.1, 0.15) is 32.3 Å². The van der Waals surface area contributed by atoms with Crippen molar-refractivity contribution in [3.8, 4) is 11.3 Å². The lowest BCUT2D eigenvalue weighted by Crippen LogP contribution is -2.41. The third-order valence-corrected chi connectivity index (χ3v) is 6.51. The standard InChI is InChI=1S/C22H31N5O/c1-15-6-8-26(9-7-15)17(3)13-27-14-23-12-21(27)18-11-20-19(10-16(18)2)24(4)22(28)25(20)5/h10-12,14-15,17H,6-9,13H2,1-5H3/t17-/m0/s1. The summed E-state index contributed by atoms with van der Waals surface area (Å²) < 4.78 is 5.69. The zero-order valence-corrected chi connectivity index (χ0v) is 17.6. The number of piperidine rings is 1. The molecular weight excluding hydrogens is 350 g/mol. The summed E-state index contributed by atoms with van der Waals surface area (Å²) >= 11 is 0. The monoisotopic (exact) mass is 381 g/mol. The highest BCUT2D eigenvalue weighted by Gasteiger charge is 2.22. The summed E-state index contributed by atoms with van der Waals surface area (Å²) in [5.41, 5.74) is 5.36. The second-order valence-corrected chi connectivity index (χ2v) is 8.56. The van der Waals surface area contributed by atoms with Crippen LogP contribution in [0.25, 0.3) is 22.3 Å². The number of rotatable bonds is 4. The van der Waals surface area contributed by atoms with Gasteiger partial charge in [-0.1, -0.05) is 6.92 Å². The van der Waals surface area contributed by atoms with E-state index in [0.717, 1.165) is 40.3 Å². The van der Waals surface area contributed by atoms with Gasteiger partial charge in [0.2, 0.25) is 0 Å². The van der Waals surface area contributed by atoms with Crippen molar-refractivity contribution in [3.63, 3.8) is 0 Å². The van der Waals surface area contributed by atoms with E-state index < -0.39 is 0 Å². The maximum atomic E-state index is 12.3. The third-order valence-electron chi connectivity index (χ3n) is 6.51. The lowest BCUT2D eigenvalue weighted by molar-refractivity contribution is 0.135. The number of fused-ring (bicyclic) bond motifs is 1. The van der Waals surface area contributed by atoms with Crippen LogP contribution in [0, 0.1) is 12.8 Å². The van der Waals surface area contributed by atoms with Crippen molar-refractivity contribution < 1.29 is 0 Å². The predicted octanol–water partition coefficient (Wildman–Crippen LogP) is 3.17. The molecule has 1 aliphatic heterocycles. The molecule has 2 aromatic heterocycles. The fraction of sp³-hybridized carbons (Fsp3) is 0.545. The molecule has 6 heteroatoms. The molecule has 0 amide bonds. The number of aromatic nitrogens is 4. The van der Waals surface area contributed by atoms with E-state index in [-0.39, 0.29) is 5.69 Å². The molecule has 1 fully saturated rings. The van der Waals surface area contributed by atoms with Crippen LogP contribution in [0.3, 0.4) is 0 Å². The summed E-state index contributed by atoms with van der Waals surface area (Å²) in [7, 11) is 3.66. The van der Waals surface area contributed by atoms with E-state index in [1.165, 1.54) is 25.9 Å². The van der Waals surface area contributed by atoms with Crippen LogP contribution in [0.15, 0.2) is 29.5 Å². The Labute approximate surface area is 166 Å². The van der Waals surface area contributed by atoms with Crippen LogP contribution >= 0.6 is 0 Å². The van der Waals surface area contributed by atoms with Crippen molar-refractivity contribution >= 4 is 11.0 Å². The van der Waals surface area contributed by atoms with Gasteiger partial charge >= 0.3 is 5.69 Å². The van der Waals surface area contributed by atoms with Crippen LogP contribution in [-0.4, -0.2) is 42.7 Å². The Morgan fingerprint density at radius 3 is 2.46 bits per heavy atom. The van der Waals surface area contributed by atoms with E-state index in [1.807, 2.05) is 26.6 Å². The average Bonchev–Trinajstić information content (AvgIpc) is 3.21. The van der Waals surface area contributed by atoms with Crippen molar-refractivity contribution in [2.24, 2.45) is 20.0 Å². The van der Waals surface area contributed by atoms with Crippen molar-refractivity contribution in [3.05, 3.63) is 40.7 Å². The maximum Gasteiger partial charge on any atom is 0.328 e. The topological polar surface area (TPSA) is 48.0 Å². The van der Waals surface area contributed by atoms with Crippen molar-refractivity contribution in [2.45, 2.75) is 46.2 Å². The molecule has 0 spiro atoms. The fourth-order valence-electron chi connectivity index (χ4n) is 4.49. The summed E-state index contributed by atoms with van der Waals surface area (Å²) in [5, 5.41) is 0. The number of benzene rings is 1. The maximum absolute atomic E-state index is 12.3. The molecule has 0 N–H and O–H groups in total. The van der Waals surface area contributed by atoms with Crippen LogP contribution in [0.5, 0.6) is 0 Å². The minimum atomic E-state index is 0.00741. The zero-order chi connectivity index (χ0) is 20.0. The zero-order valence-electron chi connectivity index (χ0n) is 17.6. The summed E-state index contributed by atoms with van der Waals surface area (Å²) in [6.45, 7) is 10.1. The molecule has 3 aromatic rings. The van der Waals surface area contributed by atoms with Crippen LogP contribution in [0.4, 0.5) is 0 Å². The Hall–Kier alpha value is -2.34. The van der Waals surface area contributed by atoms with Gasteiger partial charge in [0.05, 0.1) is 29.3 Å². The molecule has 28 heavy (non-hydrogen) atoms. The normalized spacial score (nSPS) is 17.5. The van der Waals surface area contributed by atoms with Crippen molar-refractivity contribution in [1.82, 2.24) is 23.6 Å². The van der Waals surface area contributed by atoms with E-state index in [9.17, 15) is 4.79 Å². The number of hydrogen-bond donors (Lipinski definition) is 0. The van der Waals surface area contributed by atoms with Gasteiger partial charge in [0.1, 0.15) is 0 Å². The van der Waals surface area contributed by atoms with Crippen molar-refractivity contribution in [1.29, 1.82) is 0 Å². The Morgan fingerprint density at radius 2 is 1.79 bits per heavy atom. The second kappa shape index (κ2) is 7.24.